The Balaban J connectivity index is 1.16. The molecule has 3 fully saturated rings. The predicted molar refractivity (Wildman–Crippen MR) is 206 cm³/mol. The minimum absolute atomic E-state index is 0.0318. The van der Waals surface area contributed by atoms with Crippen LogP contribution in [0.4, 0.5) is 16.2 Å². The zero-order valence-corrected chi connectivity index (χ0v) is 32.6. The van der Waals surface area contributed by atoms with Crippen LogP contribution in [-0.2, 0) is 17.6 Å². The van der Waals surface area contributed by atoms with Crippen LogP contribution < -0.4 is 21.1 Å². The Hall–Kier alpha value is -3.58. The number of aliphatic imine (C=N–C) groups is 1. The van der Waals surface area contributed by atoms with Gasteiger partial charge >= 0.3 is 6.03 Å². The van der Waals surface area contributed by atoms with Gasteiger partial charge in [-0.25, -0.2) is 9.79 Å². The number of methoxy groups -OCH3 is 1. The molecule has 4 aliphatic rings. The Morgan fingerprint density at radius 1 is 1.00 bits per heavy atom. The van der Waals surface area contributed by atoms with Crippen LogP contribution in [0.25, 0.3) is 0 Å². The summed E-state index contributed by atoms with van der Waals surface area (Å²) in [4.78, 5) is 43.5. The molecule has 1 atom stereocenters. The highest BCUT2D eigenvalue weighted by Crippen LogP contribution is 2.31. The number of hydrogen-bond donors (Lipinski definition) is 3. The molecule has 0 bridgehead atoms. The van der Waals surface area contributed by atoms with E-state index in [1.165, 1.54) is 0 Å². The first kappa shape index (κ1) is 37.2. The number of halogens is 2. The Kier molecular flexibility index (Phi) is 12.3. The molecule has 0 spiro atoms. The summed E-state index contributed by atoms with van der Waals surface area (Å²) in [6.45, 7) is 7.40. The predicted octanol–water partition coefficient (Wildman–Crippen LogP) is 3.93. The Bertz CT molecular complexity index is 1620. The van der Waals surface area contributed by atoms with Gasteiger partial charge in [0.05, 0.1) is 12.8 Å². The summed E-state index contributed by atoms with van der Waals surface area (Å²) in [5.41, 5.74) is 9.54. The molecule has 3 amide bonds. The highest BCUT2D eigenvalue weighted by molar-refractivity contribution is 9.11. The fraction of sp³-hybridized carbons (Fsp3) is 0.556. The number of carbonyl (C=O) groups is 2. The van der Waals surface area contributed by atoms with Gasteiger partial charge in [0.25, 0.3) is 0 Å². The first-order valence-electron chi connectivity index (χ1n) is 17.8. The van der Waals surface area contributed by atoms with Crippen LogP contribution >= 0.6 is 31.9 Å². The molecular formula is C36H48Br2N10O3. The second-order valence-corrected chi connectivity index (χ2v) is 15.6. The molecule has 51 heavy (non-hydrogen) atoms. The minimum atomic E-state index is -0.743. The van der Waals surface area contributed by atoms with Crippen molar-refractivity contribution in [2.24, 2.45) is 4.99 Å². The number of piperidine rings is 2. The molecule has 13 nitrogen and oxygen atoms in total. The second kappa shape index (κ2) is 16.8. The van der Waals surface area contributed by atoms with Crippen LogP contribution in [0.1, 0.15) is 36.8 Å². The molecular weight excluding hydrogens is 780 g/mol. The number of hydrogen-bond acceptors (Lipinski definition) is 8. The number of anilines is 2. The maximum atomic E-state index is 14.3. The molecule has 2 aromatic rings. The number of nitrogens with one attached hydrogen (secondary N) is 2. The van der Waals surface area contributed by atoms with Gasteiger partial charge < -0.3 is 35.4 Å². The van der Waals surface area contributed by atoms with E-state index >= 15 is 0 Å². The van der Waals surface area contributed by atoms with Crippen molar-refractivity contribution in [3.05, 3.63) is 50.4 Å². The third kappa shape index (κ3) is 8.90. The Morgan fingerprint density at radius 2 is 1.65 bits per heavy atom. The zero-order chi connectivity index (χ0) is 36.1. The lowest BCUT2D eigenvalue weighted by Gasteiger charge is -2.42. The number of nitriles is 1. The van der Waals surface area contributed by atoms with E-state index in [0.29, 0.717) is 69.7 Å². The quantitative estimate of drug-likeness (QED) is 0.124. The molecule has 4 aliphatic heterocycles. The van der Waals surface area contributed by atoms with Crippen LogP contribution in [0.2, 0.25) is 0 Å². The topological polar surface area (TPSA) is 146 Å². The van der Waals surface area contributed by atoms with Gasteiger partial charge in [0.1, 0.15) is 11.8 Å². The third-order valence-corrected chi connectivity index (χ3v) is 12.1. The molecule has 0 radical (unpaired) electrons. The van der Waals surface area contributed by atoms with Crippen molar-refractivity contribution in [2.45, 2.75) is 56.7 Å². The van der Waals surface area contributed by atoms with E-state index in [2.05, 4.69) is 65.5 Å². The van der Waals surface area contributed by atoms with Crippen LogP contribution in [0.15, 0.2) is 44.3 Å². The summed E-state index contributed by atoms with van der Waals surface area (Å²) >= 11 is 7.11. The zero-order valence-electron chi connectivity index (χ0n) is 29.4. The van der Waals surface area contributed by atoms with E-state index in [9.17, 15) is 14.9 Å². The third-order valence-electron chi connectivity index (χ3n) is 10.8. The van der Waals surface area contributed by atoms with Gasteiger partial charge in [0, 0.05) is 92.0 Å². The molecule has 274 valence electrons. The van der Waals surface area contributed by atoms with Gasteiger partial charge in [-0.05, 0) is 112 Å². The fourth-order valence-electron chi connectivity index (χ4n) is 7.70. The molecule has 15 heteroatoms. The highest BCUT2D eigenvalue weighted by atomic mass is 79.9. The Labute approximate surface area is 317 Å². The smallest absolute Gasteiger partial charge is 0.322 e. The summed E-state index contributed by atoms with van der Waals surface area (Å²) in [6.07, 6.45) is 6.41. The number of likely N-dealkylation sites (tertiary alicyclic amines) is 2. The first-order chi connectivity index (χ1) is 24.6. The van der Waals surface area contributed by atoms with E-state index < -0.39 is 6.04 Å². The van der Waals surface area contributed by atoms with Crippen LogP contribution in [0, 0.1) is 11.5 Å². The average molecular weight is 829 g/mol. The number of likely N-dealkylation sites (N-methyl/N-ethyl adjacent to an activating group) is 1. The molecule has 4 N–H and O–H groups in total. The lowest BCUT2D eigenvalue weighted by molar-refractivity contribution is -0.134. The van der Waals surface area contributed by atoms with E-state index in [1.807, 2.05) is 45.0 Å². The molecule has 4 heterocycles. The van der Waals surface area contributed by atoms with Gasteiger partial charge in [0.15, 0.2) is 6.19 Å². The maximum absolute atomic E-state index is 14.3. The fourth-order valence-corrected chi connectivity index (χ4v) is 8.98. The number of carbonyl (C=O) groups excluding carboxylic acids is 2. The average Bonchev–Trinajstić information content (AvgIpc) is 3.31. The number of fused-ring (bicyclic) bond motifs is 1. The number of benzene rings is 2. The summed E-state index contributed by atoms with van der Waals surface area (Å²) in [7, 11) is 3.81. The molecule has 0 aromatic heterocycles. The summed E-state index contributed by atoms with van der Waals surface area (Å²) in [6, 6.07) is 9.25. The number of piperazine rings is 1. The largest absolute Gasteiger partial charge is 0.497 e. The van der Waals surface area contributed by atoms with Gasteiger partial charge in [0.2, 0.25) is 11.9 Å². The summed E-state index contributed by atoms with van der Waals surface area (Å²) in [5, 5.41) is 15.7. The number of amides is 3. The molecule has 6 rings (SSSR count). The number of ether oxygens (including phenoxy) is 1. The van der Waals surface area contributed by atoms with E-state index in [4.69, 9.17) is 15.5 Å². The monoisotopic (exact) mass is 826 g/mol. The van der Waals surface area contributed by atoms with Crippen molar-refractivity contribution < 1.29 is 14.3 Å². The SMILES string of the molecule is COc1ccc2c(c1)CCN(C1CCN(C(=N[C@H](Cc3cc(Br)c(N)c(Br)c3)C(=O)N3CCC(N4CCN(C)CC4)CC3)NC#N)CC1)C(=O)N2. The van der Waals surface area contributed by atoms with E-state index in [0.717, 1.165) is 77.0 Å². The van der Waals surface area contributed by atoms with Crippen molar-refractivity contribution in [2.75, 3.05) is 84.1 Å². The summed E-state index contributed by atoms with van der Waals surface area (Å²) in [5.74, 6) is 1.11. The first-order valence-corrected chi connectivity index (χ1v) is 19.4. The summed E-state index contributed by atoms with van der Waals surface area (Å²) < 4.78 is 6.88. The number of rotatable bonds is 7. The number of urea groups is 1. The lowest BCUT2D eigenvalue weighted by Crippen LogP contribution is -2.54. The molecule has 2 aromatic carbocycles. The van der Waals surface area contributed by atoms with Gasteiger partial charge in [-0.3, -0.25) is 15.0 Å². The van der Waals surface area contributed by atoms with Crippen molar-refractivity contribution in [1.82, 2.24) is 29.8 Å². The normalized spacial score (nSPS) is 20.6. The second-order valence-electron chi connectivity index (χ2n) is 13.9. The van der Waals surface area contributed by atoms with E-state index in [1.54, 1.807) is 7.11 Å². The van der Waals surface area contributed by atoms with Crippen molar-refractivity contribution in [3.63, 3.8) is 0 Å². The van der Waals surface area contributed by atoms with Crippen molar-refractivity contribution in [3.8, 4) is 11.9 Å². The lowest BCUT2D eigenvalue weighted by atomic mass is 9.99. The standard InChI is InChI=1S/C36H48Br2N10O3/c1-44-15-17-45(18-16-44)26-6-10-46(11-7-26)34(49)32(21-24-19-29(37)33(40)30(38)20-24)42-35(41-23-39)47-12-8-27(9-13-47)48-14-5-25-22-28(51-2)3-4-31(25)43-36(48)50/h3-4,19-20,22,26-27,32H,5-18,21,40H2,1-2H3,(H,41,42)(H,43,50)/t32-/m1/s1. The van der Waals surface area contributed by atoms with Crippen LogP contribution in [0.3, 0.4) is 0 Å². The van der Waals surface area contributed by atoms with Crippen molar-refractivity contribution >= 4 is 61.1 Å². The minimum Gasteiger partial charge on any atom is -0.497 e. The number of guanidine groups is 1. The van der Waals surface area contributed by atoms with Crippen LogP contribution in [-0.4, -0.2) is 134 Å². The molecule has 0 aliphatic carbocycles. The highest BCUT2D eigenvalue weighted by Gasteiger charge is 2.34. The number of nitrogens with two attached hydrogens (primary N) is 1. The number of nitrogens with zero attached hydrogens (tertiary/aromatic N) is 7. The van der Waals surface area contributed by atoms with Gasteiger partial charge in [-0.1, -0.05) is 0 Å². The van der Waals surface area contributed by atoms with Crippen molar-refractivity contribution in [1.29, 1.82) is 5.26 Å². The maximum Gasteiger partial charge on any atom is 0.322 e. The Morgan fingerprint density at radius 3 is 2.29 bits per heavy atom. The molecule has 0 unspecified atom stereocenters. The van der Waals surface area contributed by atoms with Gasteiger partial charge in [-0.15, -0.1) is 0 Å². The number of nitrogen functional groups attached to an aromatic ring is 1. The van der Waals surface area contributed by atoms with E-state index in [-0.39, 0.29) is 18.0 Å². The van der Waals surface area contributed by atoms with Crippen LogP contribution in [0.5, 0.6) is 5.75 Å². The van der Waals surface area contributed by atoms with Gasteiger partial charge in [-0.2, -0.15) is 5.26 Å². The molecule has 0 saturated carbocycles. The molecule has 3 saturated heterocycles.